The van der Waals surface area contributed by atoms with E-state index in [1.54, 1.807) is 0 Å². The first kappa shape index (κ1) is 16.8. The minimum atomic E-state index is -0.940. The average molecular weight is 331 g/mol. The van der Waals surface area contributed by atoms with Crippen LogP contribution >= 0.6 is 0 Å². The van der Waals surface area contributed by atoms with E-state index in [1.165, 1.54) is 16.2 Å². The molecule has 0 aliphatic carbocycles. The quantitative estimate of drug-likeness (QED) is 0.907. The molecule has 1 aromatic carbocycles. The molecule has 2 heterocycles. The molecule has 1 atom stereocenters. The lowest BCUT2D eigenvalue weighted by Crippen LogP contribution is -2.49. The monoisotopic (exact) mass is 331 g/mol. The number of fused-ring (bicyclic) bond motifs is 1. The first-order valence-electron chi connectivity index (χ1n) is 8.60. The fraction of sp³-hybridized carbons (Fsp3) is 0.556. The number of hydrogen-bond acceptors (Lipinski definition) is 4. The third-order valence-corrected chi connectivity index (χ3v) is 5.02. The van der Waals surface area contributed by atoms with Crippen molar-refractivity contribution in [2.75, 3.05) is 38.1 Å². The van der Waals surface area contributed by atoms with Gasteiger partial charge >= 0.3 is 5.97 Å². The molecule has 1 fully saturated rings. The summed E-state index contributed by atoms with van der Waals surface area (Å²) in [6, 6.07) is 8.08. The Kier molecular flexibility index (Phi) is 5.04. The molecule has 6 heteroatoms. The maximum absolute atomic E-state index is 12.9. The molecule has 1 saturated heterocycles. The van der Waals surface area contributed by atoms with Crippen molar-refractivity contribution in [2.24, 2.45) is 0 Å². The number of anilines is 1. The van der Waals surface area contributed by atoms with Crippen molar-refractivity contribution in [3.63, 3.8) is 0 Å². The summed E-state index contributed by atoms with van der Waals surface area (Å²) in [7, 11) is 2.08. The van der Waals surface area contributed by atoms with Crippen LogP contribution in [0.5, 0.6) is 0 Å². The molecule has 1 aromatic rings. The fourth-order valence-corrected chi connectivity index (χ4v) is 3.72. The number of carboxylic acids is 1. The first-order valence-corrected chi connectivity index (χ1v) is 8.60. The number of para-hydroxylation sites is 1. The third-order valence-electron chi connectivity index (χ3n) is 5.02. The zero-order chi connectivity index (χ0) is 17.1. The maximum Gasteiger partial charge on any atom is 0.323 e. The van der Waals surface area contributed by atoms with Gasteiger partial charge in [0.1, 0.15) is 6.54 Å². The van der Waals surface area contributed by atoms with Gasteiger partial charge in [-0.15, -0.1) is 0 Å². The van der Waals surface area contributed by atoms with Gasteiger partial charge in [0.25, 0.3) is 0 Å². The number of benzene rings is 1. The summed E-state index contributed by atoms with van der Waals surface area (Å²) in [5.41, 5.74) is 2.43. The fourth-order valence-electron chi connectivity index (χ4n) is 3.72. The Bertz CT molecular complexity index is 619. The number of likely N-dealkylation sites (N-methyl/N-ethyl adjacent to an activating group) is 1. The highest BCUT2D eigenvalue weighted by Gasteiger charge is 2.33. The summed E-state index contributed by atoms with van der Waals surface area (Å²) in [6.45, 7) is 2.76. The van der Waals surface area contributed by atoms with Gasteiger partial charge in [0.2, 0.25) is 5.91 Å². The Labute approximate surface area is 142 Å². The smallest absolute Gasteiger partial charge is 0.323 e. The summed E-state index contributed by atoms with van der Waals surface area (Å²) < 4.78 is 0. The van der Waals surface area contributed by atoms with Gasteiger partial charge in [-0.25, -0.2) is 0 Å². The summed E-state index contributed by atoms with van der Waals surface area (Å²) in [5.74, 6) is -0.970. The lowest BCUT2D eigenvalue weighted by Gasteiger charge is -2.31. The van der Waals surface area contributed by atoms with Gasteiger partial charge < -0.3 is 14.9 Å². The predicted octanol–water partition coefficient (Wildman–Crippen LogP) is 1.40. The topological polar surface area (TPSA) is 64.1 Å². The Morgan fingerprint density at radius 1 is 1.21 bits per heavy atom. The van der Waals surface area contributed by atoms with Gasteiger partial charge in [-0.05, 0) is 30.9 Å². The summed E-state index contributed by atoms with van der Waals surface area (Å²) in [5, 5.41) is 9.07. The molecular formula is C18H25N3O3. The first-order chi connectivity index (χ1) is 11.6. The second-order valence-corrected chi connectivity index (χ2v) is 6.69. The second kappa shape index (κ2) is 7.21. The van der Waals surface area contributed by atoms with Gasteiger partial charge in [0, 0.05) is 38.9 Å². The number of likely N-dealkylation sites (tertiary alicyclic amines) is 1. The molecule has 130 valence electrons. The van der Waals surface area contributed by atoms with Crippen LogP contribution in [0.4, 0.5) is 5.69 Å². The lowest BCUT2D eigenvalue weighted by molar-refractivity contribution is -0.146. The largest absolute Gasteiger partial charge is 0.480 e. The van der Waals surface area contributed by atoms with Crippen LogP contribution in [-0.4, -0.2) is 66.1 Å². The summed E-state index contributed by atoms with van der Waals surface area (Å²) in [4.78, 5) is 29.9. The average Bonchev–Trinajstić information content (AvgIpc) is 2.83. The second-order valence-electron chi connectivity index (χ2n) is 6.69. The van der Waals surface area contributed by atoms with Crippen molar-refractivity contribution >= 4 is 17.6 Å². The van der Waals surface area contributed by atoms with Crippen LogP contribution in [0.2, 0.25) is 0 Å². The van der Waals surface area contributed by atoms with Crippen molar-refractivity contribution in [3.05, 3.63) is 29.8 Å². The third kappa shape index (κ3) is 3.53. The number of carbonyl (C=O) groups excluding carboxylic acids is 1. The number of aliphatic carboxylic acids is 1. The Morgan fingerprint density at radius 3 is 2.79 bits per heavy atom. The number of amides is 1. The Balaban J connectivity index is 1.82. The maximum atomic E-state index is 12.9. The minimum Gasteiger partial charge on any atom is -0.480 e. The van der Waals surface area contributed by atoms with Crippen LogP contribution in [0.3, 0.4) is 0 Å². The molecule has 0 bridgehead atoms. The van der Waals surface area contributed by atoms with Crippen LogP contribution in [0, 0.1) is 0 Å². The van der Waals surface area contributed by atoms with E-state index in [-0.39, 0.29) is 18.5 Å². The molecular weight excluding hydrogens is 306 g/mol. The molecule has 0 radical (unpaired) electrons. The molecule has 1 unspecified atom stereocenters. The van der Waals surface area contributed by atoms with Gasteiger partial charge in [0.05, 0.1) is 6.04 Å². The van der Waals surface area contributed by atoms with Gasteiger partial charge in [0.15, 0.2) is 0 Å². The molecule has 3 rings (SSSR count). The normalized spacial score (nSPS) is 22.7. The zero-order valence-corrected chi connectivity index (χ0v) is 14.1. The number of nitrogens with zero attached hydrogens (tertiary/aromatic N) is 3. The molecule has 0 saturated carbocycles. The van der Waals surface area contributed by atoms with Crippen LogP contribution in [-0.2, 0) is 16.1 Å². The predicted molar refractivity (Wildman–Crippen MR) is 92.0 cm³/mol. The van der Waals surface area contributed by atoms with Crippen LogP contribution in [0.25, 0.3) is 0 Å². The lowest BCUT2D eigenvalue weighted by atomic mass is 10.1. The SMILES string of the molecule is CN1CCN(C2CCCCN(CC(=O)O)C2=O)Cc2ccccc21. The van der Waals surface area contributed by atoms with E-state index in [9.17, 15) is 9.59 Å². The summed E-state index contributed by atoms with van der Waals surface area (Å²) in [6.07, 6.45) is 2.64. The molecule has 2 aliphatic rings. The molecule has 6 nitrogen and oxygen atoms in total. The van der Waals surface area contributed by atoms with Crippen LogP contribution < -0.4 is 4.90 Å². The van der Waals surface area contributed by atoms with Crippen molar-refractivity contribution in [3.8, 4) is 0 Å². The molecule has 1 N–H and O–H groups in total. The molecule has 0 aromatic heterocycles. The number of hydrogen-bond donors (Lipinski definition) is 1. The van der Waals surface area contributed by atoms with Crippen LogP contribution in [0.1, 0.15) is 24.8 Å². The molecule has 0 spiro atoms. The highest BCUT2D eigenvalue weighted by molar-refractivity contribution is 5.85. The van der Waals surface area contributed by atoms with E-state index in [2.05, 4.69) is 29.0 Å². The van der Waals surface area contributed by atoms with Crippen molar-refractivity contribution < 1.29 is 14.7 Å². The van der Waals surface area contributed by atoms with E-state index in [0.717, 1.165) is 38.9 Å². The van der Waals surface area contributed by atoms with Crippen LogP contribution in [0.15, 0.2) is 24.3 Å². The Morgan fingerprint density at radius 2 is 2.00 bits per heavy atom. The number of carboxylic acid groups (broad SMARTS) is 1. The van der Waals surface area contributed by atoms with E-state index < -0.39 is 5.97 Å². The number of carbonyl (C=O) groups is 2. The highest BCUT2D eigenvalue weighted by Crippen LogP contribution is 2.27. The molecule has 2 aliphatic heterocycles. The highest BCUT2D eigenvalue weighted by atomic mass is 16.4. The van der Waals surface area contributed by atoms with Gasteiger partial charge in [-0.2, -0.15) is 0 Å². The van der Waals surface area contributed by atoms with Gasteiger partial charge in [-0.3, -0.25) is 14.5 Å². The Hall–Kier alpha value is -2.08. The summed E-state index contributed by atoms with van der Waals surface area (Å²) >= 11 is 0. The van der Waals surface area contributed by atoms with Crippen molar-refractivity contribution in [1.82, 2.24) is 9.80 Å². The van der Waals surface area contributed by atoms with E-state index in [4.69, 9.17) is 5.11 Å². The molecule has 1 amide bonds. The standard InChI is InChI=1S/C18H25N3O3/c1-19-10-11-20(12-14-6-2-3-7-15(14)19)16-8-4-5-9-21(18(16)24)13-17(22)23/h2-3,6-7,16H,4-5,8-13H2,1H3,(H,22,23). The van der Waals surface area contributed by atoms with E-state index in [1.807, 2.05) is 12.1 Å². The van der Waals surface area contributed by atoms with E-state index in [0.29, 0.717) is 6.54 Å². The van der Waals surface area contributed by atoms with Gasteiger partial charge in [-0.1, -0.05) is 18.2 Å². The molecule has 24 heavy (non-hydrogen) atoms. The minimum absolute atomic E-state index is 0.0306. The van der Waals surface area contributed by atoms with Crippen molar-refractivity contribution in [1.29, 1.82) is 0 Å². The zero-order valence-electron chi connectivity index (χ0n) is 14.1. The van der Waals surface area contributed by atoms with Crippen molar-refractivity contribution in [2.45, 2.75) is 31.8 Å². The number of rotatable bonds is 3. The van der Waals surface area contributed by atoms with E-state index >= 15 is 0 Å².